The van der Waals surface area contributed by atoms with Crippen LogP contribution < -0.4 is 0 Å². The molecular weight excluding hydrogens is 254 g/mol. The van der Waals surface area contributed by atoms with Crippen LogP contribution in [0, 0.1) is 5.92 Å². The number of carbonyl (C=O) groups excluding carboxylic acids is 2. The molecule has 0 aliphatic carbocycles. The van der Waals surface area contributed by atoms with Crippen molar-refractivity contribution in [3.63, 3.8) is 0 Å². The van der Waals surface area contributed by atoms with E-state index in [-0.39, 0.29) is 29.1 Å². The van der Waals surface area contributed by atoms with Crippen molar-refractivity contribution in [2.75, 3.05) is 37.8 Å². The van der Waals surface area contributed by atoms with Gasteiger partial charge in [-0.2, -0.15) is 0 Å². The number of hydrogen-bond acceptors (Lipinski definition) is 4. The van der Waals surface area contributed by atoms with E-state index in [0.717, 1.165) is 32.4 Å². The van der Waals surface area contributed by atoms with Gasteiger partial charge in [0, 0.05) is 36.4 Å². The van der Waals surface area contributed by atoms with Gasteiger partial charge in [0.25, 0.3) is 0 Å². The highest BCUT2D eigenvalue weighted by Crippen LogP contribution is 2.14. The number of hydrogen-bond donors (Lipinski definition) is 0. The fourth-order valence-electron chi connectivity index (χ4n) is 2.31. The Hall–Kier alpha value is -0.750. The van der Waals surface area contributed by atoms with Gasteiger partial charge in [-0.3, -0.25) is 13.8 Å². The molecule has 0 bridgehead atoms. The predicted molar refractivity (Wildman–Crippen MR) is 67.6 cm³/mol. The zero-order chi connectivity index (χ0) is 13.0. The third kappa shape index (κ3) is 3.62. The van der Waals surface area contributed by atoms with Crippen LogP contribution >= 0.6 is 0 Å². The third-order valence-electron chi connectivity index (χ3n) is 3.43. The SMILES string of the molecule is O=C(CS(=O)CC(=O)N1CCCC1)C1CCOC1. The van der Waals surface area contributed by atoms with E-state index < -0.39 is 10.8 Å². The molecule has 2 heterocycles. The molecule has 102 valence electrons. The van der Waals surface area contributed by atoms with Crippen molar-refractivity contribution in [2.24, 2.45) is 5.92 Å². The van der Waals surface area contributed by atoms with Crippen molar-refractivity contribution in [1.82, 2.24) is 4.90 Å². The summed E-state index contributed by atoms with van der Waals surface area (Å²) in [6.45, 7) is 2.58. The minimum Gasteiger partial charge on any atom is -0.381 e. The molecule has 0 N–H and O–H groups in total. The largest absolute Gasteiger partial charge is 0.381 e. The molecule has 1 amide bonds. The van der Waals surface area contributed by atoms with Crippen LogP contribution in [0.15, 0.2) is 0 Å². The van der Waals surface area contributed by atoms with Crippen LogP contribution in [0.2, 0.25) is 0 Å². The van der Waals surface area contributed by atoms with E-state index in [9.17, 15) is 13.8 Å². The highest BCUT2D eigenvalue weighted by atomic mass is 32.2. The molecule has 2 unspecified atom stereocenters. The van der Waals surface area contributed by atoms with Crippen LogP contribution in [0.3, 0.4) is 0 Å². The average Bonchev–Trinajstić information content (AvgIpc) is 3.02. The Morgan fingerprint density at radius 1 is 1.22 bits per heavy atom. The van der Waals surface area contributed by atoms with Gasteiger partial charge in [-0.15, -0.1) is 0 Å². The van der Waals surface area contributed by atoms with Gasteiger partial charge < -0.3 is 9.64 Å². The average molecular weight is 273 g/mol. The smallest absolute Gasteiger partial charge is 0.235 e. The molecule has 0 saturated carbocycles. The van der Waals surface area contributed by atoms with E-state index >= 15 is 0 Å². The van der Waals surface area contributed by atoms with E-state index in [2.05, 4.69) is 0 Å². The van der Waals surface area contributed by atoms with Gasteiger partial charge >= 0.3 is 0 Å². The quantitative estimate of drug-likeness (QED) is 0.705. The van der Waals surface area contributed by atoms with Crippen LogP contribution in [0.1, 0.15) is 19.3 Å². The third-order valence-corrected chi connectivity index (χ3v) is 4.61. The lowest BCUT2D eigenvalue weighted by atomic mass is 10.1. The summed E-state index contributed by atoms with van der Waals surface area (Å²) < 4.78 is 16.9. The van der Waals surface area contributed by atoms with E-state index in [1.807, 2.05) is 0 Å². The highest BCUT2D eigenvalue weighted by Gasteiger charge is 2.26. The Morgan fingerprint density at radius 3 is 2.56 bits per heavy atom. The van der Waals surface area contributed by atoms with Gasteiger partial charge in [-0.05, 0) is 19.3 Å². The van der Waals surface area contributed by atoms with E-state index in [4.69, 9.17) is 4.74 Å². The van der Waals surface area contributed by atoms with Gasteiger partial charge in [0.1, 0.15) is 5.75 Å². The van der Waals surface area contributed by atoms with E-state index in [1.54, 1.807) is 4.90 Å². The monoisotopic (exact) mass is 273 g/mol. The number of Topliss-reactive ketones (excluding diaryl/α,β-unsaturated/α-hetero) is 1. The summed E-state index contributed by atoms with van der Waals surface area (Å²) in [5.41, 5.74) is 0. The molecule has 0 aromatic rings. The molecule has 18 heavy (non-hydrogen) atoms. The predicted octanol–water partition coefficient (Wildman–Crippen LogP) is -0.0369. The molecule has 2 aliphatic rings. The highest BCUT2D eigenvalue weighted by molar-refractivity contribution is 7.86. The van der Waals surface area contributed by atoms with Crippen molar-refractivity contribution in [3.05, 3.63) is 0 Å². The zero-order valence-corrected chi connectivity index (χ0v) is 11.2. The number of nitrogens with zero attached hydrogens (tertiary/aromatic N) is 1. The molecule has 2 atom stereocenters. The molecule has 0 spiro atoms. The molecular formula is C12H19NO4S. The van der Waals surface area contributed by atoms with Crippen LogP contribution in [-0.4, -0.2) is 58.6 Å². The van der Waals surface area contributed by atoms with Crippen molar-refractivity contribution < 1.29 is 18.5 Å². The Bertz CT molecular complexity index is 314. The van der Waals surface area contributed by atoms with Crippen LogP contribution in [0.4, 0.5) is 0 Å². The molecule has 2 saturated heterocycles. The minimum atomic E-state index is -1.37. The zero-order valence-electron chi connectivity index (χ0n) is 10.4. The summed E-state index contributed by atoms with van der Waals surface area (Å²) in [4.78, 5) is 25.3. The molecule has 6 heteroatoms. The fraction of sp³-hybridized carbons (Fsp3) is 0.833. The summed E-state index contributed by atoms with van der Waals surface area (Å²) in [5, 5.41) is 0. The summed E-state index contributed by atoms with van der Waals surface area (Å²) in [6.07, 6.45) is 2.77. The lowest BCUT2D eigenvalue weighted by Crippen LogP contribution is -2.33. The molecule has 2 rings (SSSR count). The fourth-order valence-corrected chi connectivity index (χ4v) is 3.42. The van der Waals surface area contributed by atoms with Crippen molar-refractivity contribution in [1.29, 1.82) is 0 Å². The lowest BCUT2D eigenvalue weighted by molar-refractivity contribution is -0.127. The topological polar surface area (TPSA) is 63.7 Å². The maximum absolute atomic E-state index is 11.8. The maximum Gasteiger partial charge on any atom is 0.235 e. The number of ketones is 1. The molecule has 5 nitrogen and oxygen atoms in total. The Morgan fingerprint density at radius 2 is 1.94 bits per heavy atom. The number of carbonyl (C=O) groups is 2. The summed E-state index contributed by atoms with van der Waals surface area (Å²) in [5.74, 6) is -0.246. The number of amides is 1. The summed E-state index contributed by atoms with van der Waals surface area (Å²) in [7, 11) is -1.37. The minimum absolute atomic E-state index is 0.00634. The molecule has 2 fully saturated rings. The van der Waals surface area contributed by atoms with Crippen LogP contribution in [0.5, 0.6) is 0 Å². The molecule has 0 aromatic heterocycles. The van der Waals surface area contributed by atoms with Crippen LogP contribution in [0.25, 0.3) is 0 Å². The first-order chi connectivity index (χ1) is 8.66. The first kappa shape index (κ1) is 13.7. The van der Waals surface area contributed by atoms with Crippen LogP contribution in [-0.2, 0) is 25.1 Å². The number of ether oxygens (including phenoxy) is 1. The Kier molecular flexibility index (Phi) is 4.88. The molecule has 2 aliphatic heterocycles. The Labute approximate surface area is 109 Å². The first-order valence-electron chi connectivity index (χ1n) is 6.40. The van der Waals surface area contributed by atoms with Crippen molar-refractivity contribution >= 4 is 22.5 Å². The number of likely N-dealkylation sites (tertiary alicyclic amines) is 1. The summed E-state index contributed by atoms with van der Waals surface area (Å²) in [6, 6.07) is 0. The van der Waals surface area contributed by atoms with Gasteiger partial charge in [0.15, 0.2) is 5.78 Å². The molecule has 0 radical (unpaired) electrons. The standard InChI is InChI=1S/C12H19NO4S/c14-11(10-3-6-17-7-10)8-18(16)9-12(15)13-4-1-2-5-13/h10H,1-9H2. The second-order valence-electron chi connectivity index (χ2n) is 4.84. The van der Waals surface area contributed by atoms with Gasteiger partial charge in [0.05, 0.1) is 12.4 Å². The molecule has 0 aromatic carbocycles. The van der Waals surface area contributed by atoms with E-state index in [0.29, 0.717) is 13.2 Å². The Balaban J connectivity index is 1.73. The normalized spacial score (nSPS) is 25.3. The first-order valence-corrected chi connectivity index (χ1v) is 7.89. The maximum atomic E-state index is 11.8. The van der Waals surface area contributed by atoms with Crippen molar-refractivity contribution in [3.8, 4) is 0 Å². The summed E-state index contributed by atoms with van der Waals surface area (Å²) >= 11 is 0. The van der Waals surface area contributed by atoms with Gasteiger partial charge in [-0.1, -0.05) is 0 Å². The van der Waals surface area contributed by atoms with Crippen molar-refractivity contribution in [2.45, 2.75) is 19.3 Å². The lowest BCUT2D eigenvalue weighted by Gasteiger charge is -2.14. The van der Waals surface area contributed by atoms with E-state index in [1.165, 1.54) is 0 Å². The second-order valence-corrected chi connectivity index (χ2v) is 6.30. The van der Waals surface area contributed by atoms with Gasteiger partial charge in [0.2, 0.25) is 5.91 Å². The second kappa shape index (κ2) is 6.43. The van der Waals surface area contributed by atoms with Gasteiger partial charge in [-0.25, -0.2) is 0 Å². The number of rotatable bonds is 5.